The van der Waals surface area contributed by atoms with Crippen molar-refractivity contribution in [1.82, 2.24) is 10.1 Å². The lowest BCUT2D eigenvalue weighted by Gasteiger charge is -2.23. The summed E-state index contributed by atoms with van der Waals surface area (Å²) in [6.07, 6.45) is 0.915. The fourth-order valence-electron chi connectivity index (χ4n) is 2.35. The van der Waals surface area contributed by atoms with Crippen molar-refractivity contribution in [1.29, 1.82) is 0 Å². The molecule has 1 aliphatic rings. The van der Waals surface area contributed by atoms with Crippen molar-refractivity contribution in [2.45, 2.75) is 31.8 Å². The topological polar surface area (TPSA) is 60.2 Å². The fraction of sp³-hybridized carbons (Fsp3) is 0.467. The van der Waals surface area contributed by atoms with Gasteiger partial charge in [-0.05, 0) is 31.9 Å². The number of nitrogens with one attached hydrogen (secondary N) is 1. The SMILES string of the molecule is COC(C)(C)c1noc(C2CNc3ccccc3C2)n1. The summed E-state index contributed by atoms with van der Waals surface area (Å²) in [7, 11) is 1.65. The van der Waals surface area contributed by atoms with Gasteiger partial charge in [0.05, 0.1) is 5.92 Å². The van der Waals surface area contributed by atoms with Crippen LogP contribution in [0.1, 0.15) is 37.0 Å². The maximum atomic E-state index is 5.43. The number of anilines is 1. The van der Waals surface area contributed by atoms with Gasteiger partial charge in [-0.15, -0.1) is 0 Å². The van der Waals surface area contributed by atoms with E-state index >= 15 is 0 Å². The Morgan fingerprint density at radius 3 is 2.95 bits per heavy atom. The zero-order valence-corrected chi connectivity index (χ0v) is 12.0. The van der Waals surface area contributed by atoms with Gasteiger partial charge in [-0.3, -0.25) is 0 Å². The van der Waals surface area contributed by atoms with Crippen LogP contribution in [0.15, 0.2) is 28.8 Å². The van der Waals surface area contributed by atoms with Crippen LogP contribution in [0.4, 0.5) is 5.69 Å². The Balaban J connectivity index is 1.82. The molecule has 0 bridgehead atoms. The Labute approximate surface area is 118 Å². The van der Waals surface area contributed by atoms with Crippen LogP contribution in [0.25, 0.3) is 0 Å². The van der Waals surface area contributed by atoms with Crippen LogP contribution in [0.3, 0.4) is 0 Å². The van der Waals surface area contributed by atoms with Gasteiger partial charge in [0.15, 0.2) is 0 Å². The average Bonchev–Trinajstić information content (AvgIpc) is 2.97. The van der Waals surface area contributed by atoms with Gasteiger partial charge in [0, 0.05) is 19.3 Å². The Kier molecular flexibility index (Phi) is 3.22. The molecule has 0 aliphatic carbocycles. The van der Waals surface area contributed by atoms with E-state index < -0.39 is 5.60 Å². The van der Waals surface area contributed by atoms with E-state index in [1.165, 1.54) is 11.3 Å². The van der Waals surface area contributed by atoms with Crippen molar-refractivity contribution in [3.8, 4) is 0 Å². The minimum absolute atomic E-state index is 0.207. The molecule has 1 aromatic carbocycles. The maximum absolute atomic E-state index is 5.43. The molecule has 0 saturated carbocycles. The van der Waals surface area contributed by atoms with Crippen LogP contribution in [0, 0.1) is 0 Å². The van der Waals surface area contributed by atoms with Crippen molar-refractivity contribution in [3.05, 3.63) is 41.5 Å². The fourth-order valence-corrected chi connectivity index (χ4v) is 2.35. The van der Waals surface area contributed by atoms with E-state index in [4.69, 9.17) is 9.26 Å². The van der Waals surface area contributed by atoms with Crippen LogP contribution in [0.2, 0.25) is 0 Å². The summed E-state index contributed by atoms with van der Waals surface area (Å²) >= 11 is 0. The molecular formula is C15H19N3O2. The second kappa shape index (κ2) is 4.90. The lowest BCUT2D eigenvalue weighted by Crippen LogP contribution is -2.23. The molecule has 0 saturated heterocycles. The third-order valence-corrected chi connectivity index (χ3v) is 3.86. The molecule has 0 amide bonds. The predicted octanol–water partition coefficient (Wildman–Crippen LogP) is 2.70. The molecule has 1 atom stereocenters. The number of benzene rings is 1. The van der Waals surface area contributed by atoms with Gasteiger partial charge in [-0.1, -0.05) is 23.4 Å². The summed E-state index contributed by atoms with van der Waals surface area (Å²) in [6, 6.07) is 8.32. The number of ether oxygens (including phenoxy) is 1. The maximum Gasteiger partial charge on any atom is 0.231 e. The van der Waals surface area contributed by atoms with E-state index in [1.54, 1.807) is 7.11 Å². The number of rotatable bonds is 3. The standard InChI is InChI=1S/C15H19N3O2/c1-15(2,19-3)14-17-13(20-18-14)11-8-10-6-4-5-7-12(10)16-9-11/h4-7,11,16H,8-9H2,1-3H3. The van der Waals surface area contributed by atoms with Crippen molar-refractivity contribution in [2.75, 3.05) is 19.0 Å². The number of methoxy groups -OCH3 is 1. The summed E-state index contributed by atoms with van der Waals surface area (Å²) in [5.41, 5.74) is 1.96. The molecule has 1 aliphatic heterocycles. The number of para-hydroxylation sites is 1. The first-order valence-corrected chi connectivity index (χ1v) is 6.81. The summed E-state index contributed by atoms with van der Waals surface area (Å²) in [4.78, 5) is 4.51. The molecule has 0 fully saturated rings. The van der Waals surface area contributed by atoms with E-state index in [2.05, 4.69) is 33.7 Å². The highest BCUT2D eigenvalue weighted by atomic mass is 16.5. The van der Waals surface area contributed by atoms with Gasteiger partial charge in [-0.2, -0.15) is 4.98 Å². The number of nitrogens with zero attached hydrogens (tertiary/aromatic N) is 2. The second-order valence-electron chi connectivity index (χ2n) is 5.61. The molecule has 1 aromatic heterocycles. The highest BCUT2D eigenvalue weighted by Crippen LogP contribution is 2.30. The molecule has 20 heavy (non-hydrogen) atoms. The molecule has 1 unspecified atom stereocenters. The average molecular weight is 273 g/mol. The molecule has 2 aromatic rings. The normalized spacial score (nSPS) is 18.4. The third-order valence-electron chi connectivity index (χ3n) is 3.86. The minimum Gasteiger partial charge on any atom is -0.384 e. The predicted molar refractivity (Wildman–Crippen MR) is 75.7 cm³/mol. The van der Waals surface area contributed by atoms with Crippen LogP contribution >= 0.6 is 0 Å². The monoisotopic (exact) mass is 273 g/mol. The van der Waals surface area contributed by atoms with Crippen molar-refractivity contribution in [2.24, 2.45) is 0 Å². The second-order valence-corrected chi connectivity index (χ2v) is 5.61. The zero-order valence-electron chi connectivity index (χ0n) is 12.0. The number of hydrogen-bond donors (Lipinski definition) is 1. The molecule has 0 spiro atoms. The van der Waals surface area contributed by atoms with E-state index in [0.717, 1.165) is 13.0 Å². The number of aromatic nitrogens is 2. The van der Waals surface area contributed by atoms with E-state index in [9.17, 15) is 0 Å². The quantitative estimate of drug-likeness (QED) is 0.931. The first-order valence-electron chi connectivity index (χ1n) is 6.81. The van der Waals surface area contributed by atoms with Crippen LogP contribution < -0.4 is 5.32 Å². The lowest BCUT2D eigenvalue weighted by atomic mass is 9.94. The van der Waals surface area contributed by atoms with E-state index in [1.807, 2.05) is 19.9 Å². The Hall–Kier alpha value is -1.88. The lowest BCUT2D eigenvalue weighted by molar-refractivity contribution is 0.00973. The van der Waals surface area contributed by atoms with Gasteiger partial charge >= 0.3 is 0 Å². The molecule has 106 valence electrons. The van der Waals surface area contributed by atoms with Crippen molar-refractivity contribution in [3.63, 3.8) is 0 Å². The van der Waals surface area contributed by atoms with Crippen molar-refractivity contribution >= 4 is 5.69 Å². The van der Waals surface area contributed by atoms with Gasteiger partial charge < -0.3 is 14.6 Å². The summed E-state index contributed by atoms with van der Waals surface area (Å²) in [6.45, 7) is 4.66. The highest BCUT2D eigenvalue weighted by molar-refractivity contribution is 5.53. The van der Waals surface area contributed by atoms with Crippen LogP contribution in [-0.2, 0) is 16.8 Å². The first-order chi connectivity index (χ1) is 9.60. The molecule has 5 heteroatoms. The zero-order chi connectivity index (χ0) is 14.2. The Morgan fingerprint density at radius 1 is 1.35 bits per heavy atom. The van der Waals surface area contributed by atoms with E-state index in [-0.39, 0.29) is 5.92 Å². The van der Waals surface area contributed by atoms with Crippen LogP contribution in [0.5, 0.6) is 0 Å². The van der Waals surface area contributed by atoms with Gasteiger partial charge in [0.25, 0.3) is 0 Å². The largest absolute Gasteiger partial charge is 0.384 e. The van der Waals surface area contributed by atoms with Gasteiger partial charge in [0.1, 0.15) is 5.60 Å². The van der Waals surface area contributed by atoms with Gasteiger partial charge in [0.2, 0.25) is 11.7 Å². The number of fused-ring (bicyclic) bond motifs is 1. The summed E-state index contributed by atoms with van der Waals surface area (Å²) in [5, 5.41) is 7.47. The minimum atomic E-state index is -0.526. The highest BCUT2D eigenvalue weighted by Gasteiger charge is 2.30. The molecule has 1 N–H and O–H groups in total. The molecule has 0 radical (unpaired) electrons. The first kappa shape index (κ1) is 13.1. The summed E-state index contributed by atoms with van der Waals surface area (Å²) in [5.74, 6) is 1.47. The molecule has 3 rings (SSSR count). The summed E-state index contributed by atoms with van der Waals surface area (Å²) < 4.78 is 10.8. The van der Waals surface area contributed by atoms with E-state index in [0.29, 0.717) is 11.7 Å². The molecule has 5 nitrogen and oxygen atoms in total. The molecule has 2 heterocycles. The number of hydrogen-bond acceptors (Lipinski definition) is 5. The smallest absolute Gasteiger partial charge is 0.231 e. The molecular weight excluding hydrogens is 254 g/mol. The van der Waals surface area contributed by atoms with Crippen molar-refractivity contribution < 1.29 is 9.26 Å². The van der Waals surface area contributed by atoms with Gasteiger partial charge in [-0.25, -0.2) is 0 Å². The third kappa shape index (κ3) is 2.29. The van der Waals surface area contributed by atoms with Crippen LogP contribution in [-0.4, -0.2) is 23.8 Å². The Morgan fingerprint density at radius 2 is 2.15 bits per heavy atom. The Bertz CT molecular complexity index is 607.